The summed E-state index contributed by atoms with van der Waals surface area (Å²) in [5, 5.41) is 2.90. The van der Waals surface area contributed by atoms with Gasteiger partial charge in [0.1, 0.15) is 11.3 Å². The van der Waals surface area contributed by atoms with Gasteiger partial charge < -0.3 is 15.0 Å². The summed E-state index contributed by atoms with van der Waals surface area (Å²) in [6, 6.07) is 0. The van der Waals surface area contributed by atoms with E-state index in [1.165, 1.54) is 12.4 Å². The van der Waals surface area contributed by atoms with Crippen LogP contribution in [-0.4, -0.2) is 58.5 Å². The predicted octanol–water partition coefficient (Wildman–Crippen LogP) is 1.65. The first-order valence-electron chi connectivity index (χ1n) is 9.43. The van der Waals surface area contributed by atoms with Crippen molar-refractivity contribution in [2.24, 2.45) is 11.8 Å². The van der Waals surface area contributed by atoms with E-state index in [1.54, 1.807) is 6.20 Å². The fraction of sp³-hybridized carbons (Fsp3) is 0.684. The van der Waals surface area contributed by atoms with Gasteiger partial charge in [-0.1, -0.05) is 13.8 Å². The predicted molar refractivity (Wildman–Crippen MR) is 96.4 cm³/mol. The van der Waals surface area contributed by atoms with Gasteiger partial charge in [0, 0.05) is 25.4 Å². The van der Waals surface area contributed by atoms with Crippen LogP contribution in [0.3, 0.4) is 0 Å². The summed E-state index contributed by atoms with van der Waals surface area (Å²) in [7, 11) is 0. The van der Waals surface area contributed by atoms with E-state index >= 15 is 0 Å². The highest BCUT2D eigenvalue weighted by Crippen LogP contribution is 2.36. The highest BCUT2D eigenvalue weighted by atomic mass is 16.5. The van der Waals surface area contributed by atoms with E-state index < -0.39 is 0 Å². The Morgan fingerprint density at radius 2 is 2.19 bits per heavy atom. The minimum absolute atomic E-state index is 0.154. The number of rotatable bonds is 6. The normalized spacial score (nSPS) is 21.5. The molecule has 0 radical (unpaired) electrons. The smallest absolute Gasteiger partial charge is 0.271 e. The lowest BCUT2D eigenvalue weighted by Gasteiger charge is -2.52. The number of hydrogen-bond donors (Lipinski definition) is 1. The second-order valence-electron chi connectivity index (χ2n) is 7.88. The number of hydrogen-bond acceptors (Lipinski definition) is 5. The molecule has 1 aromatic rings. The van der Waals surface area contributed by atoms with Crippen molar-refractivity contribution in [2.45, 2.75) is 45.1 Å². The van der Waals surface area contributed by atoms with Crippen molar-refractivity contribution in [3.05, 3.63) is 24.3 Å². The van der Waals surface area contributed by atoms with Crippen LogP contribution in [0.5, 0.6) is 0 Å². The molecule has 1 aromatic heterocycles. The molecule has 0 aliphatic carbocycles. The first kappa shape index (κ1) is 18.8. The Bertz CT molecular complexity index is 619. The summed E-state index contributed by atoms with van der Waals surface area (Å²) in [6.07, 6.45) is 8.01. The number of nitrogens with one attached hydrogen (secondary N) is 1. The molecule has 3 rings (SSSR count). The Hall–Kier alpha value is -2.02. The number of carbonyl (C=O) groups is 2. The molecule has 0 bridgehead atoms. The number of carbonyl (C=O) groups excluding carboxylic acids is 2. The van der Waals surface area contributed by atoms with Crippen LogP contribution in [-0.2, 0) is 9.53 Å². The van der Waals surface area contributed by atoms with Crippen molar-refractivity contribution in [2.75, 3.05) is 26.2 Å². The summed E-state index contributed by atoms with van der Waals surface area (Å²) in [6.45, 7) is 6.89. The van der Waals surface area contributed by atoms with Gasteiger partial charge in [0.25, 0.3) is 5.91 Å². The summed E-state index contributed by atoms with van der Waals surface area (Å²) in [5.41, 5.74) is 0.175. The molecule has 1 N–H and O–H groups in total. The van der Waals surface area contributed by atoms with Crippen molar-refractivity contribution >= 4 is 11.8 Å². The Kier molecular flexibility index (Phi) is 5.86. The van der Waals surface area contributed by atoms with E-state index in [2.05, 4.69) is 29.1 Å². The van der Waals surface area contributed by atoms with Crippen LogP contribution >= 0.6 is 0 Å². The quantitative estimate of drug-likeness (QED) is 0.834. The van der Waals surface area contributed by atoms with Crippen LogP contribution in [0.25, 0.3) is 0 Å². The second-order valence-corrected chi connectivity index (χ2v) is 7.88. The fourth-order valence-corrected chi connectivity index (χ4v) is 3.47. The van der Waals surface area contributed by atoms with Gasteiger partial charge in [0.05, 0.1) is 25.9 Å². The van der Waals surface area contributed by atoms with Gasteiger partial charge in [-0.2, -0.15) is 0 Å². The monoisotopic (exact) mass is 360 g/mol. The van der Waals surface area contributed by atoms with E-state index in [0.29, 0.717) is 50.2 Å². The third-order valence-electron chi connectivity index (χ3n) is 5.23. The van der Waals surface area contributed by atoms with Crippen molar-refractivity contribution in [1.29, 1.82) is 0 Å². The average Bonchev–Trinajstić information content (AvgIpc) is 2.63. The third-order valence-corrected chi connectivity index (χ3v) is 5.23. The molecular weight excluding hydrogens is 332 g/mol. The van der Waals surface area contributed by atoms with Crippen LogP contribution in [0.4, 0.5) is 0 Å². The zero-order valence-electron chi connectivity index (χ0n) is 15.6. The zero-order valence-corrected chi connectivity index (χ0v) is 15.6. The van der Waals surface area contributed by atoms with Crippen molar-refractivity contribution in [1.82, 2.24) is 20.2 Å². The van der Waals surface area contributed by atoms with Gasteiger partial charge in [-0.25, -0.2) is 4.98 Å². The molecule has 7 heteroatoms. The minimum Gasteiger partial charge on any atom is -0.371 e. The molecule has 26 heavy (non-hydrogen) atoms. The standard InChI is InChI=1S/C19H28N4O3/c1-14(2)3-4-17(24)23-12-19(13-23)6-5-15(11-26-19)9-22-18(25)16-10-20-7-8-21-16/h7-8,10,14-15H,3-6,9,11-13H2,1-2H3,(H,22,25). The first-order valence-corrected chi connectivity index (χ1v) is 9.43. The highest BCUT2D eigenvalue weighted by Gasteiger charge is 2.48. The van der Waals surface area contributed by atoms with Crippen molar-refractivity contribution in [3.8, 4) is 0 Å². The lowest BCUT2D eigenvalue weighted by Crippen LogP contribution is -2.66. The molecule has 0 aromatic carbocycles. The lowest BCUT2D eigenvalue weighted by atomic mass is 9.82. The molecule has 2 saturated heterocycles. The van der Waals surface area contributed by atoms with Gasteiger partial charge in [-0.15, -0.1) is 0 Å². The van der Waals surface area contributed by atoms with E-state index in [9.17, 15) is 9.59 Å². The van der Waals surface area contributed by atoms with Crippen molar-refractivity contribution in [3.63, 3.8) is 0 Å². The average molecular weight is 360 g/mol. The molecule has 3 heterocycles. The van der Waals surface area contributed by atoms with Gasteiger partial charge >= 0.3 is 0 Å². The van der Waals surface area contributed by atoms with Crippen LogP contribution in [0.1, 0.15) is 50.0 Å². The molecule has 2 amide bonds. The molecule has 0 saturated carbocycles. The molecular formula is C19H28N4O3. The lowest BCUT2D eigenvalue weighted by molar-refractivity contribution is -0.188. The Labute approximate surface area is 154 Å². The maximum absolute atomic E-state index is 12.1. The topological polar surface area (TPSA) is 84.4 Å². The van der Waals surface area contributed by atoms with Gasteiger partial charge in [-0.3, -0.25) is 14.6 Å². The van der Waals surface area contributed by atoms with E-state index in [4.69, 9.17) is 4.74 Å². The third kappa shape index (κ3) is 4.58. The first-order chi connectivity index (χ1) is 12.5. The summed E-state index contributed by atoms with van der Waals surface area (Å²) >= 11 is 0. The second kappa shape index (κ2) is 8.12. The van der Waals surface area contributed by atoms with Crippen LogP contribution in [0, 0.1) is 11.8 Å². The highest BCUT2D eigenvalue weighted by molar-refractivity contribution is 5.91. The summed E-state index contributed by atoms with van der Waals surface area (Å²) in [5.74, 6) is 0.889. The molecule has 2 aliphatic rings. The van der Waals surface area contributed by atoms with Crippen LogP contribution < -0.4 is 5.32 Å². The SMILES string of the molecule is CC(C)CCC(=O)N1CC2(CCC(CNC(=O)c3cnccn3)CO2)C1. The van der Waals surface area contributed by atoms with Crippen molar-refractivity contribution < 1.29 is 14.3 Å². The zero-order chi connectivity index (χ0) is 18.6. The van der Waals surface area contributed by atoms with E-state index in [1.807, 2.05) is 4.90 Å². The number of amides is 2. The summed E-state index contributed by atoms with van der Waals surface area (Å²) in [4.78, 5) is 34.0. The number of ether oxygens (including phenoxy) is 1. The number of aromatic nitrogens is 2. The van der Waals surface area contributed by atoms with Gasteiger partial charge in [0.2, 0.25) is 5.91 Å². The Balaban J connectivity index is 1.36. The Morgan fingerprint density at radius 3 is 2.81 bits per heavy atom. The minimum atomic E-state index is -0.205. The maximum Gasteiger partial charge on any atom is 0.271 e. The van der Waals surface area contributed by atoms with Crippen LogP contribution in [0.2, 0.25) is 0 Å². The molecule has 1 atom stereocenters. The summed E-state index contributed by atoms with van der Waals surface area (Å²) < 4.78 is 6.08. The molecule has 142 valence electrons. The number of nitrogens with zero attached hydrogens (tertiary/aromatic N) is 3. The van der Waals surface area contributed by atoms with Gasteiger partial charge in [0.15, 0.2) is 0 Å². The molecule has 2 fully saturated rings. The van der Waals surface area contributed by atoms with Crippen LogP contribution in [0.15, 0.2) is 18.6 Å². The molecule has 7 nitrogen and oxygen atoms in total. The van der Waals surface area contributed by atoms with E-state index in [-0.39, 0.29) is 17.4 Å². The van der Waals surface area contributed by atoms with E-state index in [0.717, 1.165) is 19.3 Å². The molecule has 1 spiro atoms. The molecule has 2 aliphatic heterocycles. The molecule has 1 unspecified atom stereocenters. The maximum atomic E-state index is 12.1. The Morgan fingerprint density at radius 1 is 1.38 bits per heavy atom. The largest absolute Gasteiger partial charge is 0.371 e. The number of likely N-dealkylation sites (tertiary alicyclic amines) is 1. The fourth-order valence-electron chi connectivity index (χ4n) is 3.47. The van der Waals surface area contributed by atoms with Gasteiger partial charge in [-0.05, 0) is 31.1 Å².